The Morgan fingerprint density at radius 1 is 0.957 bits per heavy atom. The minimum Gasteiger partial charge on any atom is -0.255 e. The van der Waals surface area contributed by atoms with Crippen molar-refractivity contribution in [2.45, 2.75) is 12.6 Å². The molecule has 0 unspecified atom stereocenters. The Kier molecular flexibility index (Phi) is 4.39. The summed E-state index contributed by atoms with van der Waals surface area (Å²) in [6, 6.07) is 13.7. The number of nitrogens with zero attached hydrogens (tertiary/aromatic N) is 1. The summed E-state index contributed by atoms with van der Waals surface area (Å²) in [6.45, 7) is 0. The van der Waals surface area contributed by atoms with Crippen LogP contribution in [0, 0.1) is 0 Å². The maximum atomic E-state index is 13.3. The van der Waals surface area contributed by atoms with Gasteiger partial charge in [0.1, 0.15) is 0 Å². The molecule has 2 aromatic carbocycles. The lowest BCUT2D eigenvalue weighted by Crippen LogP contribution is -2.07. The lowest BCUT2D eigenvalue weighted by atomic mass is 9.94. The van der Waals surface area contributed by atoms with Gasteiger partial charge < -0.3 is 0 Å². The first-order valence-electron chi connectivity index (χ1n) is 7.11. The highest BCUT2D eigenvalue weighted by Gasteiger charge is 2.33. The van der Waals surface area contributed by atoms with E-state index >= 15 is 0 Å². The highest BCUT2D eigenvalue weighted by atomic mass is 79.9. The number of hydrogen-bond acceptors (Lipinski definition) is 1. The molecule has 0 bridgehead atoms. The Morgan fingerprint density at radius 2 is 1.70 bits per heavy atom. The van der Waals surface area contributed by atoms with Crippen molar-refractivity contribution in [1.82, 2.24) is 4.98 Å². The fourth-order valence-corrected chi connectivity index (χ4v) is 3.16. The average Bonchev–Trinajstić information content (AvgIpc) is 2.54. The SMILES string of the molecule is FC(F)(F)c1cccc2c(-c3ccccc3)c(CCBr)cnc12. The highest BCUT2D eigenvalue weighted by Crippen LogP contribution is 2.38. The largest absolute Gasteiger partial charge is 0.418 e. The molecule has 1 heterocycles. The van der Waals surface area contributed by atoms with Crippen molar-refractivity contribution < 1.29 is 13.2 Å². The zero-order chi connectivity index (χ0) is 16.4. The average molecular weight is 380 g/mol. The van der Waals surface area contributed by atoms with Crippen LogP contribution in [0.2, 0.25) is 0 Å². The standard InChI is InChI=1S/C18H13BrF3N/c19-10-9-13-11-23-17-14(7-4-8-15(17)18(20,21)22)16(13)12-5-2-1-3-6-12/h1-8,11H,9-10H2. The summed E-state index contributed by atoms with van der Waals surface area (Å²) >= 11 is 3.40. The third-order valence-electron chi connectivity index (χ3n) is 3.71. The van der Waals surface area contributed by atoms with Crippen LogP contribution in [0.5, 0.6) is 0 Å². The molecule has 5 heteroatoms. The van der Waals surface area contributed by atoms with E-state index in [-0.39, 0.29) is 5.52 Å². The number of aryl methyl sites for hydroxylation is 1. The number of hydrogen-bond donors (Lipinski definition) is 0. The summed E-state index contributed by atoms with van der Waals surface area (Å²) < 4.78 is 39.8. The van der Waals surface area contributed by atoms with Gasteiger partial charge in [-0.2, -0.15) is 13.2 Å². The summed E-state index contributed by atoms with van der Waals surface area (Å²) in [7, 11) is 0. The van der Waals surface area contributed by atoms with Crippen LogP contribution in [-0.4, -0.2) is 10.3 Å². The number of aromatic nitrogens is 1. The first kappa shape index (κ1) is 16.0. The Labute approximate surface area is 140 Å². The van der Waals surface area contributed by atoms with Crippen molar-refractivity contribution in [3.8, 4) is 11.1 Å². The molecule has 0 N–H and O–H groups in total. The van der Waals surface area contributed by atoms with Gasteiger partial charge in [0, 0.05) is 16.9 Å². The molecule has 1 aromatic heterocycles. The van der Waals surface area contributed by atoms with Gasteiger partial charge in [0.2, 0.25) is 0 Å². The second-order valence-corrected chi connectivity index (χ2v) is 5.96. The van der Waals surface area contributed by atoms with Gasteiger partial charge in [-0.15, -0.1) is 0 Å². The van der Waals surface area contributed by atoms with Crippen LogP contribution in [0.4, 0.5) is 13.2 Å². The van der Waals surface area contributed by atoms with Gasteiger partial charge >= 0.3 is 6.18 Å². The first-order chi connectivity index (χ1) is 11.0. The van der Waals surface area contributed by atoms with Crippen LogP contribution in [0.3, 0.4) is 0 Å². The molecule has 118 valence electrons. The third kappa shape index (κ3) is 3.11. The van der Waals surface area contributed by atoms with Crippen LogP contribution in [0.15, 0.2) is 54.7 Å². The van der Waals surface area contributed by atoms with Gasteiger partial charge in [0.25, 0.3) is 0 Å². The molecule has 0 aliphatic heterocycles. The Morgan fingerprint density at radius 3 is 2.35 bits per heavy atom. The van der Waals surface area contributed by atoms with Crippen LogP contribution in [-0.2, 0) is 12.6 Å². The topological polar surface area (TPSA) is 12.9 Å². The van der Waals surface area contributed by atoms with Crippen molar-refractivity contribution in [3.63, 3.8) is 0 Å². The number of rotatable bonds is 3. The Hall–Kier alpha value is -1.88. The summed E-state index contributed by atoms with van der Waals surface area (Å²) in [4.78, 5) is 4.11. The van der Waals surface area contributed by atoms with Crippen molar-refractivity contribution in [2.24, 2.45) is 0 Å². The molecule has 0 radical (unpaired) electrons. The van der Waals surface area contributed by atoms with Crippen LogP contribution < -0.4 is 0 Å². The molecule has 0 atom stereocenters. The summed E-state index contributed by atoms with van der Waals surface area (Å²) in [5.41, 5.74) is 1.95. The number of fused-ring (bicyclic) bond motifs is 1. The molecule has 0 saturated heterocycles. The molecule has 0 fully saturated rings. The lowest BCUT2D eigenvalue weighted by molar-refractivity contribution is -0.136. The predicted molar refractivity (Wildman–Crippen MR) is 89.7 cm³/mol. The minimum atomic E-state index is -4.42. The van der Waals surface area contributed by atoms with Crippen molar-refractivity contribution >= 4 is 26.8 Å². The Balaban J connectivity index is 2.36. The minimum absolute atomic E-state index is 0.00262. The van der Waals surface area contributed by atoms with Crippen LogP contribution >= 0.6 is 15.9 Å². The number of benzene rings is 2. The van der Waals surface area contributed by atoms with E-state index in [2.05, 4.69) is 20.9 Å². The van der Waals surface area contributed by atoms with E-state index in [1.54, 1.807) is 12.3 Å². The molecule has 1 nitrogen and oxygen atoms in total. The normalized spacial score (nSPS) is 11.8. The molecular weight excluding hydrogens is 367 g/mol. The summed E-state index contributed by atoms with van der Waals surface area (Å²) in [6.07, 6.45) is -2.16. The quantitative estimate of drug-likeness (QED) is 0.519. The predicted octanol–water partition coefficient (Wildman–Crippen LogP) is 5.86. The number of halogens is 4. The summed E-state index contributed by atoms with van der Waals surface area (Å²) in [5, 5.41) is 1.25. The van der Waals surface area contributed by atoms with Gasteiger partial charge in [-0.3, -0.25) is 4.98 Å². The van der Waals surface area contributed by atoms with Crippen LogP contribution in [0.25, 0.3) is 22.0 Å². The van der Waals surface area contributed by atoms with Crippen LogP contribution in [0.1, 0.15) is 11.1 Å². The van der Waals surface area contributed by atoms with E-state index in [1.165, 1.54) is 6.07 Å². The van der Waals surface area contributed by atoms with Crippen molar-refractivity contribution in [2.75, 3.05) is 5.33 Å². The molecule has 3 aromatic rings. The van der Waals surface area contributed by atoms with Crippen molar-refractivity contribution in [3.05, 3.63) is 65.9 Å². The second kappa shape index (κ2) is 6.32. The molecule has 23 heavy (non-hydrogen) atoms. The zero-order valence-electron chi connectivity index (χ0n) is 12.1. The van der Waals surface area contributed by atoms with Gasteiger partial charge in [0.05, 0.1) is 11.1 Å². The zero-order valence-corrected chi connectivity index (χ0v) is 13.7. The lowest BCUT2D eigenvalue weighted by Gasteiger charge is -2.15. The number of pyridine rings is 1. The van der Waals surface area contributed by atoms with E-state index in [1.807, 2.05) is 30.3 Å². The number of alkyl halides is 4. The maximum absolute atomic E-state index is 13.3. The molecule has 0 aliphatic rings. The molecular formula is C18H13BrF3N. The third-order valence-corrected chi connectivity index (χ3v) is 4.10. The highest BCUT2D eigenvalue weighted by molar-refractivity contribution is 9.09. The van der Waals surface area contributed by atoms with E-state index in [9.17, 15) is 13.2 Å². The maximum Gasteiger partial charge on any atom is 0.418 e. The van der Waals surface area contributed by atoms with Gasteiger partial charge in [-0.25, -0.2) is 0 Å². The smallest absolute Gasteiger partial charge is 0.255 e. The van der Waals surface area contributed by atoms with Gasteiger partial charge in [-0.1, -0.05) is 58.4 Å². The monoisotopic (exact) mass is 379 g/mol. The molecule has 0 aliphatic carbocycles. The van der Waals surface area contributed by atoms with Crippen molar-refractivity contribution in [1.29, 1.82) is 0 Å². The van der Waals surface area contributed by atoms with E-state index in [0.29, 0.717) is 11.8 Å². The van der Waals surface area contributed by atoms with Gasteiger partial charge in [-0.05, 0) is 29.2 Å². The summed E-state index contributed by atoms with van der Waals surface area (Å²) in [5.74, 6) is 0. The Bertz CT molecular complexity index is 829. The second-order valence-electron chi connectivity index (χ2n) is 5.16. The molecule has 0 amide bonds. The first-order valence-corrected chi connectivity index (χ1v) is 8.23. The number of para-hydroxylation sites is 1. The van der Waals surface area contributed by atoms with Gasteiger partial charge in [0.15, 0.2) is 0 Å². The van der Waals surface area contributed by atoms with E-state index in [0.717, 1.165) is 28.1 Å². The molecule has 0 spiro atoms. The molecule has 3 rings (SSSR count). The molecule has 0 saturated carbocycles. The fourth-order valence-electron chi connectivity index (χ4n) is 2.73. The van der Waals surface area contributed by atoms with E-state index < -0.39 is 11.7 Å². The van der Waals surface area contributed by atoms with E-state index in [4.69, 9.17) is 0 Å². The fraction of sp³-hybridized carbons (Fsp3) is 0.167.